The fourth-order valence-electron chi connectivity index (χ4n) is 3.27. The zero-order valence-corrected chi connectivity index (χ0v) is 11.0. The smallest absolute Gasteiger partial charge is 0.177 e. The molecule has 2 aromatic rings. The van der Waals surface area contributed by atoms with Crippen LogP contribution in [0.3, 0.4) is 0 Å². The van der Waals surface area contributed by atoms with Crippen molar-refractivity contribution in [3.63, 3.8) is 0 Å². The Balaban J connectivity index is 1.86. The summed E-state index contributed by atoms with van der Waals surface area (Å²) in [6.07, 6.45) is 2.93. The van der Waals surface area contributed by atoms with Gasteiger partial charge in [0.2, 0.25) is 0 Å². The Kier molecular flexibility index (Phi) is 1.94. The standard InChI is InChI=1S/C13H10ClFN2S/c14-7-1-2-10(15)8(3-7)13-4-9(13)11-5-16-12(18)17(11)6-13/h1-3,5,9H,4,6H2,(H,16,18)/t9-,13+/m1/s1. The molecule has 18 heavy (non-hydrogen) atoms. The zero-order chi connectivity index (χ0) is 12.5. The van der Waals surface area contributed by atoms with Gasteiger partial charge >= 0.3 is 0 Å². The molecular formula is C13H10ClFN2S. The Morgan fingerprint density at radius 3 is 3.11 bits per heavy atom. The predicted molar refractivity (Wildman–Crippen MR) is 70.1 cm³/mol. The molecule has 0 amide bonds. The van der Waals surface area contributed by atoms with Crippen molar-refractivity contribution in [2.45, 2.75) is 24.3 Å². The van der Waals surface area contributed by atoms with E-state index in [1.165, 1.54) is 11.8 Å². The number of hydrogen-bond donors (Lipinski definition) is 1. The van der Waals surface area contributed by atoms with E-state index in [4.69, 9.17) is 23.8 Å². The number of aromatic nitrogens is 2. The molecule has 0 radical (unpaired) electrons. The van der Waals surface area contributed by atoms with Gasteiger partial charge in [-0.15, -0.1) is 0 Å². The minimum Gasteiger partial charge on any atom is -0.337 e. The van der Waals surface area contributed by atoms with Crippen LogP contribution in [0.25, 0.3) is 0 Å². The van der Waals surface area contributed by atoms with E-state index < -0.39 is 0 Å². The number of hydrogen-bond acceptors (Lipinski definition) is 1. The molecule has 4 rings (SSSR count). The average molecular weight is 281 g/mol. The van der Waals surface area contributed by atoms with Crippen molar-refractivity contribution in [1.29, 1.82) is 0 Å². The van der Waals surface area contributed by atoms with Gasteiger partial charge in [-0.1, -0.05) is 11.6 Å². The molecule has 0 saturated heterocycles. The van der Waals surface area contributed by atoms with E-state index in [1.807, 2.05) is 6.20 Å². The van der Waals surface area contributed by atoms with E-state index >= 15 is 0 Å². The Morgan fingerprint density at radius 2 is 2.33 bits per heavy atom. The molecule has 1 saturated carbocycles. The lowest BCUT2D eigenvalue weighted by Gasteiger charge is -2.14. The molecule has 2 heterocycles. The van der Waals surface area contributed by atoms with Crippen LogP contribution in [0.1, 0.15) is 23.6 Å². The van der Waals surface area contributed by atoms with Crippen molar-refractivity contribution >= 4 is 23.8 Å². The average Bonchev–Trinajstić information content (AvgIpc) is 2.82. The maximum atomic E-state index is 14.0. The maximum Gasteiger partial charge on any atom is 0.177 e. The molecule has 1 fully saturated rings. The third-order valence-electron chi connectivity index (χ3n) is 4.24. The van der Waals surface area contributed by atoms with E-state index in [9.17, 15) is 4.39 Å². The largest absolute Gasteiger partial charge is 0.337 e. The van der Waals surface area contributed by atoms with Gasteiger partial charge in [0.25, 0.3) is 0 Å². The molecule has 1 aromatic carbocycles. The number of nitrogens with zero attached hydrogens (tertiary/aromatic N) is 1. The van der Waals surface area contributed by atoms with Crippen molar-refractivity contribution in [3.05, 3.63) is 51.3 Å². The zero-order valence-electron chi connectivity index (χ0n) is 9.41. The fourth-order valence-corrected chi connectivity index (χ4v) is 3.67. The highest BCUT2D eigenvalue weighted by Crippen LogP contribution is 2.65. The first-order valence-corrected chi connectivity index (χ1v) is 6.64. The van der Waals surface area contributed by atoms with Crippen LogP contribution in [0.2, 0.25) is 5.02 Å². The summed E-state index contributed by atoms with van der Waals surface area (Å²) in [6, 6.07) is 4.81. The van der Waals surface area contributed by atoms with Crippen molar-refractivity contribution in [3.8, 4) is 0 Å². The summed E-state index contributed by atoms with van der Waals surface area (Å²) in [5.74, 6) is 0.209. The van der Waals surface area contributed by atoms with Crippen LogP contribution in [0, 0.1) is 10.6 Å². The van der Waals surface area contributed by atoms with Crippen molar-refractivity contribution in [2.24, 2.45) is 0 Å². The van der Waals surface area contributed by atoms with Gasteiger partial charge in [-0.2, -0.15) is 0 Å². The number of halogens is 2. The highest BCUT2D eigenvalue weighted by molar-refractivity contribution is 7.71. The Hall–Kier alpha value is -1.13. The highest BCUT2D eigenvalue weighted by Gasteiger charge is 2.62. The minimum absolute atomic E-state index is 0.118. The number of nitrogens with one attached hydrogen (secondary N) is 1. The Labute approximate surface area is 113 Å². The normalized spacial score (nSPS) is 28.0. The van der Waals surface area contributed by atoms with Gasteiger partial charge in [-0.25, -0.2) is 4.39 Å². The summed E-state index contributed by atoms with van der Waals surface area (Å²) >= 11 is 11.2. The second-order valence-corrected chi connectivity index (χ2v) is 5.96. The number of H-pyrrole nitrogens is 1. The van der Waals surface area contributed by atoms with Crippen LogP contribution in [0.5, 0.6) is 0 Å². The fraction of sp³-hybridized carbons (Fsp3) is 0.308. The SMILES string of the molecule is Fc1ccc(Cl)cc1[C@@]12C[C@@H]1c1c[nH]c(=S)n1C2. The summed E-state index contributed by atoms with van der Waals surface area (Å²) in [5, 5.41) is 0.591. The molecule has 1 aliphatic carbocycles. The molecule has 0 spiro atoms. The molecule has 92 valence electrons. The molecule has 5 heteroatoms. The lowest BCUT2D eigenvalue weighted by molar-refractivity contribution is 0.530. The third-order valence-corrected chi connectivity index (χ3v) is 4.81. The van der Waals surface area contributed by atoms with Gasteiger partial charge in [0.1, 0.15) is 5.82 Å². The molecule has 1 N–H and O–H groups in total. The number of aromatic amines is 1. The van der Waals surface area contributed by atoms with E-state index in [-0.39, 0.29) is 11.2 Å². The van der Waals surface area contributed by atoms with Crippen LogP contribution < -0.4 is 0 Å². The Morgan fingerprint density at radius 1 is 1.50 bits per heavy atom. The van der Waals surface area contributed by atoms with Gasteiger partial charge in [0, 0.05) is 34.8 Å². The number of fused-ring (bicyclic) bond motifs is 3. The van der Waals surface area contributed by atoms with E-state index in [0.29, 0.717) is 10.9 Å². The van der Waals surface area contributed by atoms with Gasteiger partial charge in [-0.3, -0.25) is 0 Å². The Bertz CT molecular complexity index is 720. The van der Waals surface area contributed by atoms with Gasteiger partial charge < -0.3 is 9.55 Å². The maximum absolute atomic E-state index is 14.0. The molecule has 0 unspecified atom stereocenters. The molecule has 2 nitrogen and oxygen atoms in total. The molecule has 2 aliphatic rings. The van der Waals surface area contributed by atoms with Crippen molar-refractivity contribution in [2.75, 3.05) is 0 Å². The van der Waals surface area contributed by atoms with Crippen LogP contribution >= 0.6 is 23.8 Å². The molecule has 1 aliphatic heterocycles. The number of rotatable bonds is 1. The monoisotopic (exact) mass is 280 g/mol. The highest BCUT2D eigenvalue weighted by atomic mass is 35.5. The summed E-state index contributed by atoms with van der Waals surface area (Å²) in [7, 11) is 0. The molecular weight excluding hydrogens is 271 g/mol. The number of benzene rings is 1. The molecule has 1 aromatic heterocycles. The first-order valence-electron chi connectivity index (χ1n) is 5.85. The summed E-state index contributed by atoms with van der Waals surface area (Å²) in [6.45, 7) is 0.757. The van der Waals surface area contributed by atoms with Gasteiger partial charge in [0.15, 0.2) is 4.77 Å². The van der Waals surface area contributed by atoms with Crippen LogP contribution in [-0.2, 0) is 12.0 Å². The van der Waals surface area contributed by atoms with E-state index in [1.54, 1.807) is 12.1 Å². The summed E-state index contributed by atoms with van der Waals surface area (Å²) < 4.78 is 16.8. The van der Waals surface area contributed by atoms with E-state index in [0.717, 1.165) is 23.3 Å². The second kappa shape index (κ2) is 3.25. The first-order chi connectivity index (χ1) is 8.62. The van der Waals surface area contributed by atoms with Gasteiger partial charge in [-0.05, 0) is 42.4 Å². The summed E-state index contributed by atoms with van der Waals surface area (Å²) in [4.78, 5) is 3.05. The lowest BCUT2D eigenvalue weighted by atomic mass is 9.94. The quantitative estimate of drug-likeness (QED) is 0.789. The molecule has 0 bridgehead atoms. The van der Waals surface area contributed by atoms with Crippen LogP contribution in [-0.4, -0.2) is 9.55 Å². The second-order valence-electron chi connectivity index (χ2n) is 5.14. The third kappa shape index (κ3) is 1.20. The minimum atomic E-state index is -0.164. The summed E-state index contributed by atoms with van der Waals surface area (Å²) in [5.41, 5.74) is 1.81. The topological polar surface area (TPSA) is 20.7 Å². The van der Waals surface area contributed by atoms with Crippen LogP contribution in [0.4, 0.5) is 4.39 Å². The first kappa shape index (κ1) is 10.8. The number of imidazole rings is 1. The lowest BCUT2D eigenvalue weighted by Crippen LogP contribution is -2.14. The predicted octanol–water partition coefficient (Wildman–Crippen LogP) is 3.78. The van der Waals surface area contributed by atoms with E-state index in [2.05, 4.69) is 9.55 Å². The van der Waals surface area contributed by atoms with Gasteiger partial charge in [0.05, 0.1) is 0 Å². The van der Waals surface area contributed by atoms with Crippen molar-refractivity contribution in [1.82, 2.24) is 9.55 Å². The van der Waals surface area contributed by atoms with Crippen LogP contribution in [0.15, 0.2) is 24.4 Å². The van der Waals surface area contributed by atoms with Crippen molar-refractivity contribution < 1.29 is 4.39 Å². The molecule has 2 atom stereocenters.